The van der Waals surface area contributed by atoms with Gasteiger partial charge in [0, 0.05) is 12.2 Å². The molecule has 0 saturated heterocycles. The van der Waals surface area contributed by atoms with Crippen LogP contribution in [0.25, 0.3) is 0 Å². The van der Waals surface area contributed by atoms with Crippen molar-refractivity contribution in [3.05, 3.63) is 23.0 Å². The Morgan fingerprint density at radius 3 is 2.77 bits per heavy atom. The third-order valence-electron chi connectivity index (χ3n) is 4.56. The molecular weight excluding hydrogens is 304 g/mol. The van der Waals surface area contributed by atoms with E-state index in [0.29, 0.717) is 16.9 Å². The standard InChI is InChI=1S/C16H23ClN2O3/c1-9-5-4-6-13(10(9)2)19-15(20)11(3)22-16(21)14-7-12(17)8-18-14/h7-11,13,18H,4-6H2,1-3H3,(H,19,20)/t9-,10+,11-,13+/m0/s1. The molecule has 1 aromatic rings. The quantitative estimate of drug-likeness (QED) is 0.835. The van der Waals surface area contributed by atoms with Crippen molar-refractivity contribution >= 4 is 23.5 Å². The van der Waals surface area contributed by atoms with Crippen LogP contribution in [0.15, 0.2) is 12.3 Å². The number of aromatic nitrogens is 1. The predicted octanol–water partition coefficient (Wildman–Crippen LogP) is 3.15. The van der Waals surface area contributed by atoms with Gasteiger partial charge in [0.05, 0.1) is 5.02 Å². The van der Waals surface area contributed by atoms with E-state index in [1.54, 1.807) is 6.92 Å². The van der Waals surface area contributed by atoms with Crippen molar-refractivity contribution in [3.63, 3.8) is 0 Å². The average molecular weight is 327 g/mol. The first-order valence-corrected chi connectivity index (χ1v) is 8.11. The van der Waals surface area contributed by atoms with Crippen LogP contribution < -0.4 is 5.32 Å². The molecule has 0 unspecified atom stereocenters. The Morgan fingerprint density at radius 1 is 1.41 bits per heavy atom. The molecular formula is C16H23ClN2O3. The highest BCUT2D eigenvalue weighted by Gasteiger charge is 2.30. The van der Waals surface area contributed by atoms with E-state index in [1.807, 2.05) is 0 Å². The van der Waals surface area contributed by atoms with Gasteiger partial charge in [-0.25, -0.2) is 4.79 Å². The maximum Gasteiger partial charge on any atom is 0.355 e. The van der Waals surface area contributed by atoms with E-state index < -0.39 is 12.1 Å². The molecule has 1 fully saturated rings. The minimum atomic E-state index is -0.834. The van der Waals surface area contributed by atoms with Crippen LogP contribution in [-0.4, -0.2) is 29.0 Å². The van der Waals surface area contributed by atoms with E-state index >= 15 is 0 Å². The zero-order valence-corrected chi connectivity index (χ0v) is 13.9. The number of hydrogen-bond donors (Lipinski definition) is 2. The molecule has 2 rings (SSSR count). The topological polar surface area (TPSA) is 71.2 Å². The molecule has 1 amide bonds. The highest BCUT2D eigenvalue weighted by atomic mass is 35.5. The Morgan fingerprint density at radius 2 is 2.14 bits per heavy atom. The first-order valence-electron chi connectivity index (χ1n) is 7.73. The van der Waals surface area contributed by atoms with E-state index in [1.165, 1.54) is 18.7 Å². The highest BCUT2D eigenvalue weighted by molar-refractivity contribution is 6.30. The first-order chi connectivity index (χ1) is 10.4. The molecule has 1 aromatic heterocycles. The summed E-state index contributed by atoms with van der Waals surface area (Å²) in [5, 5.41) is 3.43. The van der Waals surface area contributed by atoms with Gasteiger partial charge in [0.2, 0.25) is 0 Å². The van der Waals surface area contributed by atoms with Crippen LogP contribution in [0, 0.1) is 11.8 Å². The SMILES string of the molecule is C[C@@H]1[C@@H](C)CCC[C@H]1NC(=O)[C@H](C)OC(=O)c1cc(Cl)c[nH]1. The molecule has 4 atom stereocenters. The summed E-state index contributed by atoms with van der Waals surface area (Å²) in [6, 6.07) is 1.62. The van der Waals surface area contributed by atoms with Crippen LogP contribution in [0.4, 0.5) is 0 Å². The van der Waals surface area contributed by atoms with Gasteiger partial charge in [-0.1, -0.05) is 38.3 Å². The fourth-order valence-corrected chi connectivity index (χ4v) is 3.01. The van der Waals surface area contributed by atoms with E-state index in [2.05, 4.69) is 24.1 Å². The second-order valence-electron chi connectivity index (χ2n) is 6.16. The Labute approximate surface area is 135 Å². The van der Waals surface area contributed by atoms with Gasteiger partial charge in [0.15, 0.2) is 6.10 Å². The third kappa shape index (κ3) is 4.03. The van der Waals surface area contributed by atoms with Crippen LogP contribution in [0.3, 0.4) is 0 Å². The van der Waals surface area contributed by atoms with Crippen molar-refractivity contribution in [3.8, 4) is 0 Å². The number of nitrogens with one attached hydrogen (secondary N) is 2. The van der Waals surface area contributed by atoms with Crippen LogP contribution in [0.1, 0.15) is 50.5 Å². The van der Waals surface area contributed by atoms with Gasteiger partial charge >= 0.3 is 5.97 Å². The number of hydrogen-bond acceptors (Lipinski definition) is 3. The largest absolute Gasteiger partial charge is 0.448 e. The molecule has 122 valence electrons. The summed E-state index contributed by atoms with van der Waals surface area (Å²) in [6.45, 7) is 5.95. The summed E-state index contributed by atoms with van der Waals surface area (Å²) in [7, 11) is 0. The van der Waals surface area contributed by atoms with Crippen molar-refractivity contribution in [2.75, 3.05) is 0 Å². The summed E-state index contributed by atoms with van der Waals surface area (Å²) in [5.41, 5.74) is 0.240. The molecule has 1 aliphatic rings. The lowest BCUT2D eigenvalue weighted by atomic mass is 9.78. The summed E-state index contributed by atoms with van der Waals surface area (Å²) >= 11 is 5.74. The number of rotatable bonds is 4. The molecule has 0 radical (unpaired) electrons. The lowest BCUT2D eigenvalue weighted by Crippen LogP contribution is -2.47. The smallest absolute Gasteiger partial charge is 0.355 e. The Balaban J connectivity index is 1.88. The normalized spacial score (nSPS) is 26.3. The number of carbonyl (C=O) groups is 2. The molecule has 0 aromatic carbocycles. The number of H-pyrrole nitrogens is 1. The zero-order valence-electron chi connectivity index (χ0n) is 13.2. The lowest BCUT2D eigenvalue weighted by molar-refractivity contribution is -0.130. The van der Waals surface area contributed by atoms with Gasteiger partial charge in [-0.3, -0.25) is 4.79 Å². The van der Waals surface area contributed by atoms with Gasteiger partial charge < -0.3 is 15.0 Å². The zero-order chi connectivity index (χ0) is 16.3. The second-order valence-corrected chi connectivity index (χ2v) is 6.60. The molecule has 1 aliphatic carbocycles. The first kappa shape index (κ1) is 16.9. The van der Waals surface area contributed by atoms with Gasteiger partial charge in [-0.05, 0) is 31.2 Å². The molecule has 0 aliphatic heterocycles. The number of halogens is 1. The average Bonchev–Trinajstić information content (AvgIpc) is 2.90. The molecule has 1 heterocycles. The Bertz CT molecular complexity index is 543. The number of ether oxygens (including phenoxy) is 1. The Hall–Kier alpha value is -1.49. The maximum absolute atomic E-state index is 12.2. The van der Waals surface area contributed by atoms with Crippen molar-refractivity contribution < 1.29 is 14.3 Å². The van der Waals surface area contributed by atoms with E-state index in [-0.39, 0.29) is 17.6 Å². The van der Waals surface area contributed by atoms with Crippen LogP contribution in [-0.2, 0) is 9.53 Å². The minimum absolute atomic E-state index is 0.150. The second kappa shape index (κ2) is 7.18. The number of carbonyl (C=O) groups excluding carboxylic acids is 2. The molecule has 22 heavy (non-hydrogen) atoms. The summed E-state index contributed by atoms with van der Waals surface area (Å²) in [5.74, 6) is 0.192. The summed E-state index contributed by atoms with van der Waals surface area (Å²) < 4.78 is 5.17. The van der Waals surface area contributed by atoms with Gasteiger partial charge in [0.25, 0.3) is 5.91 Å². The molecule has 0 spiro atoms. The van der Waals surface area contributed by atoms with E-state index in [4.69, 9.17) is 16.3 Å². The van der Waals surface area contributed by atoms with Crippen LogP contribution in [0.2, 0.25) is 5.02 Å². The van der Waals surface area contributed by atoms with Gasteiger partial charge in [-0.15, -0.1) is 0 Å². The lowest BCUT2D eigenvalue weighted by Gasteiger charge is -2.35. The molecule has 2 N–H and O–H groups in total. The van der Waals surface area contributed by atoms with Crippen molar-refractivity contribution in [2.24, 2.45) is 11.8 Å². The van der Waals surface area contributed by atoms with Gasteiger partial charge in [0.1, 0.15) is 5.69 Å². The highest BCUT2D eigenvalue weighted by Crippen LogP contribution is 2.29. The number of esters is 1. The van der Waals surface area contributed by atoms with Crippen LogP contribution >= 0.6 is 11.6 Å². The fourth-order valence-electron chi connectivity index (χ4n) is 2.85. The predicted molar refractivity (Wildman–Crippen MR) is 84.8 cm³/mol. The van der Waals surface area contributed by atoms with Crippen molar-refractivity contribution in [1.29, 1.82) is 0 Å². The number of amides is 1. The van der Waals surface area contributed by atoms with Crippen LogP contribution in [0.5, 0.6) is 0 Å². The maximum atomic E-state index is 12.2. The van der Waals surface area contributed by atoms with E-state index in [9.17, 15) is 9.59 Å². The molecule has 0 bridgehead atoms. The van der Waals surface area contributed by atoms with E-state index in [0.717, 1.165) is 12.8 Å². The monoisotopic (exact) mass is 326 g/mol. The minimum Gasteiger partial charge on any atom is -0.448 e. The Kier molecular flexibility index (Phi) is 5.51. The third-order valence-corrected chi connectivity index (χ3v) is 4.77. The molecule has 6 heteroatoms. The summed E-state index contributed by atoms with van der Waals surface area (Å²) in [6.07, 6.45) is 3.95. The number of aromatic amines is 1. The van der Waals surface area contributed by atoms with Crippen molar-refractivity contribution in [1.82, 2.24) is 10.3 Å². The molecule has 1 saturated carbocycles. The fraction of sp³-hybridized carbons (Fsp3) is 0.625. The van der Waals surface area contributed by atoms with Gasteiger partial charge in [-0.2, -0.15) is 0 Å². The molecule has 5 nitrogen and oxygen atoms in total. The van der Waals surface area contributed by atoms with Crippen molar-refractivity contribution in [2.45, 2.75) is 52.2 Å². The summed E-state index contributed by atoms with van der Waals surface area (Å²) in [4.78, 5) is 26.8.